The molecule has 1 heterocycles. The molecular weight excluding hydrogens is 453 g/mol. The van der Waals surface area contributed by atoms with Crippen LogP contribution in [0.3, 0.4) is 0 Å². The summed E-state index contributed by atoms with van der Waals surface area (Å²) in [6.45, 7) is 1.61. The van der Waals surface area contributed by atoms with Crippen LogP contribution in [0.25, 0.3) is 10.9 Å². The number of para-hydroxylation sites is 1. The smallest absolute Gasteiger partial charge is 0.457 e. The Morgan fingerprint density at radius 2 is 1.56 bits per heavy atom. The molecule has 0 aliphatic carbocycles. The fourth-order valence-corrected chi connectivity index (χ4v) is 3.84. The normalized spacial score (nSPS) is 10.7. The molecule has 0 unspecified atom stereocenters. The molecule has 0 radical (unpaired) electrons. The number of nitrogens with zero attached hydrogens (tertiary/aromatic N) is 1. The maximum Gasteiger partial charge on any atom is 0.506 e. The standard InChI is InChI=1S/C24H17Cl2NO5/c1-14-11-15(13-30-24(28)29)21-20(27-14)12-19(25)23(22(21)26)32-18-9-7-17(8-10-18)31-16-5-3-2-4-6-16/h2-12H,13H2,1H3,(H,28,29). The minimum absolute atomic E-state index is 0.179. The van der Waals surface area contributed by atoms with Crippen LogP contribution in [0.15, 0.2) is 66.7 Å². The average molecular weight is 470 g/mol. The molecule has 8 heteroatoms. The number of aromatic nitrogens is 1. The summed E-state index contributed by atoms with van der Waals surface area (Å²) < 4.78 is 16.5. The van der Waals surface area contributed by atoms with Gasteiger partial charge in [-0.2, -0.15) is 0 Å². The van der Waals surface area contributed by atoms with Gasteiger partial charge in [0, 0.05) is 16.6 Å². The molecule has 32 heavy (non-hydrogen) atoms. The highest BCUT2D eigenvalue weighted by Crippen LogP contribution is 2.43. The number of aryl methyl sites for hydroxylation is 1. The zero-order chi connectivity index (χ0) is 22.7. The van der Waals surface area contributed by atoms with Crippen LogP contribution in [0.1, 0.15) is 11.3 Å². The monoisotopic (exact) mass is 469 g/mol. The van der Waals surface area contributed by atoms with Gasteiger partial charge < -0.3 is 19.3 Å². The molecule has 162 valence electrons. The SMILES string of the molecule is Cc1cc(COC(=O)O)c2c(Cl)c(Oc3ccc(Oc4ccccc4)cc3)c(Cl)cc2n1. The van der Waals surface area contributed by atoms with Crippen LogP contribution in [0, 0.1) is 6.92 Å². The maximum atomic E-state index is 10.9. The Balaban J connectivity index is 1.64. The van der Waals surface area contributed by atoms with Crippen molar-refractivity contribution in [1.29, 1.82) is 0 Å². The van der Waals surface area contributed by atoms with Gasteiger partial charge in [0.2, 0.25) is 0 Å². The zero-order valence-electron chi connectivity index (χ0n) is 16.8. The Morgan fingerprint density at radius 1 is 0.938 bits per heavy atom. The first kappa shape index (κ1) is 21.7. The lowest BCUT2D eigenvalue weighted by atomic mass is 10.1. The van der Waals surface area contributed by atoms with Crippen LogP contribution < -0.4 is 9.47 Å². The zero-order valence-corrected chi connectivity index (χ0v) is 18.4. The van der Waals surface area contributed by atoms with E-state index in [1.807, 2.05) is 30.3 Å². The summed E-state index contributed by atoms with van der Waals surface area (Å²) >= 11 is 13.1. The number of benzene rings is 3. The van der Waals surface area contributed by atoms with E-state index in [2.05, 4.69) is 4.98 Å². The Labute approximate surface area is 193 Å². The van der Waals surface area contributed by atoms with Crippen LogP contribution in [0.5, 0.6) is 23.0 Å². The van der Waals surface area contributed by atoms with Gasteiger partial charge >= 0.3 is 6.16 Å². The predicted octanol–water partition coefficient (Wildman–Crippen LogP) is 7.63. The minimum atomic E-state index is -1.38. The van der Waals surface area contributed by atoms with Gasteiger partial charge in [-0.25, -0.2) is 4.79 Å². The lowest BCUT2D eigenvalue weighted by Crippen LogP contribution is -2.02. The van der Waals surface area contributed by atoms with Gasteiger partial charge in [-0.15, -0.1) is 0 Å². The van der Waals surface area contributed by atoms with E-state index in [0.717, 1.165) is 5.75 Å². The van der Waals surface area contributed by atoms with E-state index in [4.69, 9.17) is 42.5 Å². The quantitative estimate of drug-likeness (QED) is 0.292. The molecule has 1 N–H and O–H groups in total. The lowest BCUT2D eigenvalue weighted by molar-refractivity contribution is 0.0857. The van der Waals surface area contributed by atoms with E-state index >= 15 is 0 Å². The number of fused-ring (bicyclic) bond motifs is 1. The van der Waals surface area contributed by atoms with Gasteiger partial charge in [0.25, 0.3) is 0 Å². The van der Waals surface area contributed by atoms with Crippen molar-refractivity contribution < 1.29 is 24.1 Å². The van der Waals surface area contributed by atoms with Gasteiger partial charge in [0.05, 0.1) is 15.6 Å². The van der Waals surface area contributed by atoms with E-state index in [1.165, 1.54) is 0 Å². The van der Waals surface area contributed by atoms with Gasteiger partial charge in [-0.1, -0.05) is 41.4 Å². The van der Waals surface area contributed by atoms with Crippen LogP contribution in [0.4, 0.5) is 4.79 Å². The van der Waals surface area contributed by atoms with Gasteiger partial charge in [-0.3, -0.25) is 4.98 Å². The van der Waals surface area contributed by atoms with Crippen molar-refractivity contribution in [2.24, 2.45) is 0 Å². The van der Waals surface area contributed by atoms with Crippen molar-refractivity contribution in [3.05, 3.63) is 88.0 Å². The summed E-state index contributed by atoms with van der Waals surface area (Å²) in [5.74, 6) is 2.10. The lowest BCUT2D eigenvalue weighted by Gasteiger charge is -2.15. The molecule has 0 atom stereocenters. The number of carboxylic acid groups (broad SMARTS) is 1. The maximum absolute atomic E-state index is 10.9. The van der Waals surface area contributed by atoms with Crippen molar-refractivity contribution in [1.82, 2.24) is 4.98 Å². The molecule has 0 saturated heterocycles. The van der Waals surface area contributed by atoms with E-state index in [9.17, 15) is 4.79 Å². The number of hydrogen-bond acceptors (Lipinski definition) is 5. The molecule has 0 bridgehead atoms. The molecule has 1 aromatic heterocycles. The Morgan fingerprint density at radius 3 is 2.22 bits per heavy atom. The highest BCUT2D eigenvalue weighted by atomic mass is 35.5. The number of ether oxygens (including phenoxy) is 3. The summed E-state index contributed by atoms with van der Waals surface area (Å²) in [7, 11) is 0. The summed E-state index contributed by atoms with van der Waals surface area (Å²) in [4.78, 5) is 15.3. The molecular formula is C24H17Cl2NO5. The van der Waals surface area contributed by atoms with Crippen LogP contribution in [-0.4, -0.2) is 16.2 Å². The first-order valence-electron chi connectivity index (χ1n) is 9.55. The molecule has 0 saturated carbocycles. The first-order valence-corrected chi connectivity index (χ1v) is 10.3. The second-order valence-corrected chi connectivity index (χ2v) is 7.65. The van der Waals surface area contributed by atoms with Crippen molar-refractivity contribution >= 4 is 40.3 Å². The summed E-state index contributed by atoms with van der Waals surface area (Å²) in [6, 6.07) is 19.8. The molecule has 6 nitrogen and oxygen atoms in total. The van der Waals surface area contributed by atoms with Crippen LogP contribution >= 0.6 is 23.2 Å². The molecule has 0 fully saturated rings. The topological polar surface area (TPSA) is 77.9 Å². The van der Waals surface area contributed by atoms with Gasteiger partial charge in [0.1, 0.15) is 23.9 Å². The molecule has 0 aliphatic heterocycles. The van der Waals surface area contributed by atoms with Crippen LogP contribution in [0.2, 0.25) is 10.0 Å². The summed E-state index contributed by atoms with van der Waals surface area (Å²) in [5, 5.41) is 9.87. The predicted molar refractivity (Wildman–Crippen MR) is 122 cm³/mol. The largest absolute Gasteiger partial charge is 0.506 e. The second kappa shape index (κ2) is 9.34. The number of hydrogen-bond donors (Lipinski definition) is 1. The summed E-state index contributed by atoms with van der Waals surface area (Å²) in [6.07, 6.45) is -1.38. The van der Waals surface area contributed by atoms with E-state index in [1.54, 1.807) is 43.3 Å². The average Bonchev–Trinajstić information content (AvgIpc) is 2.76. The molecule has 0 aliphatic rings. The highest BCUT2D eigenvalue weighted by molar-refractivity contribution is 6.41. The molecule has 0 amide bonds. The highest BCUT2D eigenvalue weighted by Gasteiger charge is 2.18. The Hall–Kier alpha value is -3.48. The van der Waals surface area contributed by atoms with E-state index < -0.39 is 6.16 Å². The first-order chi connectivity index (χ1) is 15.4. The number of carbonyl (C=O) groups is 1. The fourth-order valence-electron chi connectivity index (χ4n) is 3.19. The third-order valence-electron chi connectivity index (χ3n) is 4.53. The van der Waals surface area contributed by atoms with Crippen molar-refractivity contribution in [3.63, 3.8) is 0 Å². The van der Waals surface area contributed by atoms with Gasteiger partial charge in [0.15, 0.2) is 5.75 Å². The minimum Gasteiger partial charge on any atom is -0.457 e. The number of rotatable bonds is 6. The third-order valence-corrected chi connectivity index (χ3v) is 5.17. The fraction of sp³-hybridized carbons (Fsp3) is 0.0833. The molecule has 0 spiro atoms. The number of pyridine rings is 1. The number of halogens is 2. The Bertz CT molecular complexity index is 1280. The van der Waals surface area contributed by atoms with Crippen LogP contribution in [-0.2, 0) is 11.3 Å². The summed E-state index contributed by atoms with van der Waals surface area (Å²) in [5.41, 5.74) is 1.76. The van der Waals surface area contributed by atoms with E-state index in [-0.39, 0.29) is 22.4 Å². The third kappa shape index (κ3) is 4.88. The second-order valence-electron chi connectivity index (χ2n) is 6.86. The van der Waals surface area contributed by atoms with Crippen molar-refractivity contribution in [2.75, 3.05) is 0 Å². The van der Waals surface area contributed by atoms with Gasteiger partial charge in [-0.05, 0) is 55.5 Å². The Kier molecular flexibility index (Phi) is 6.35. The molecule has 3 aromatic carbocycles. The van der Waals surface area contributed by atoms with Crippen molar-refractivity contribution in [2.45, 2.75) is 13.5 Å². The molecule has 4 aromatic rings. The molecule has 4 rings (SSSR count). The van der Waals surface area contributed by atoms with E-state index in [0.29, 0.717) is 33.7 Å². The van der Waals surface area contributed by atoms with Crippen molar-refractivity contribution in [3.8, 4) is 23.0 Å².